The molecule has 0 saturated heterocycles. The molecule has 0 unspecified atom stereocenters. The van der Waals surface area contributed by atoms with Gasteiger partial charge >= 0.3 is 23.9 Å². The molecule has 0 aromatic carbocycles. The van der Waals surface area contributed by atoms with Crippen LogP contribution >= 0.6 is 0 Å². The van der Waals surface area contributed by atoms with Gasteiger partial charge in [0.15, 0.2) is 0 Å². The highest BCUT2D eigenvalue weighted by atomic mass is 16.5. The average molecular weight is 410 g/mol. The Labute approximate surface area is 171 Å². The molecule has 162 valence electrons. The molecule has 29 heavy (non-hydrogen) atoms. The molecular formula is C21H30O8. The fourth-order valence-electron chi connectivity index (χ4n) is 3.68. The average Bonchev–Trinajstić information content (AvgIpc) is 2.72. The third kappa shape index (κ3) is 5.68. The highest BCUT2D eigenvalue weighted by Gasteiger charge is 2.38. The maximum Gasteiger partial charge on any atom is 0.334 e. The van der Waals surface area contributed by atoms with Crippen LogP contribution in [0.15, 0.2) is 22.3 Å². The van der Waals surface area contributed by atoms with Gasteiger partial charge in [-0.05, 0) is 31.1 Å². The summed E-state index contributed by atoms with van der Waals surface area (Å²) in [5.74, 6) is -3.74. The molecule has 0 radical (unpaired) electrons. The number of rotatable bonds is 7. The predicted octanol–water partition coefficient (Wildman–Crippen LogP) is 2.51. The molecule has 0 spiro atoms. The molecule has 0 aromatic heterocycles. The molecule has 0 bridgehead atoms. The molecule has 1 rings (SSSR count). The number of ether oxygens (including phenoxy) is 4. The monoisotopic (exact) mass is 410 g/mol. The number of carbonyl (C=O) groups excluding carboxylic acids is 4. The lowest BCUT2D eigenvalue weighted by atomic mass is 9.76. The first-order valence-electron chi connectivity index (χ1n) is 9.56. The van der Waals surface area contributed by atoms with Crippen LogP contribution in [0.5, 0.6) is 0 Å². The minimum atomic E-state index is -0.669. The van der Waals surface area contributed by atoms with E-state index in [-0.39, 0.29) is 35.1 Å². The minimum absolute atomic E-state index is 0.0185. The number of methoxy groups -OCH3 is 4. The molecule has 8 nitrogen and oxygen atoms in total. The maximum atomic E-state index is 12.6. The lowest BCUT2D eigenvalue weighted by Crippen LogP contribution is -2.29. The maximum absolute atomic E-state index is 12.6. The second-order valence-corrected chi connectivity index (χ2v) is 6.90. The van der Waals surface area contributed by atoms with Crippen LogP contribution in [-0.4, -0.2) is 52.3 Å². The van der Waals surface area contributed by atoms with Crippen molar-refractivity contribution in [3.05, 3.63) is 22.3 Å². The highest BCUT2D eigenvalue weighted by Crippen LogP contribution is 2.38. The number of hydrogen-bond acceptors (Lipinski definition) is 8. The van der Waals surface area contributed by atoms with Crippen molar-refractivity contribution < 1.29 is 38.1 Å². The van der Waals surface area contributed by atoms with E-state index in [1.165, 1.54) is 28.4 Å². The standard InChI is InChI=1S/C21H30O8/c1-7-8-9-13-11-15(19(23)27-4)16(20(24)28-5)12(2)10-14(18(22)26-3)17(13)21(25)29-6/h12-13H,7-11H2,1-6H3/b16-15-,17-14-/t12-,13-/m1/s1. The number of unbranched alkanes of at least 4 members (excludes halogenated alkanes) is 1. The van der Waals surface area contributed by atoms with Crippen molar-refractivity contribution in [2.24, 2.45) is 11.8 Å². The van der Waals surface area contributed by atoms with Crippen molar-refractivity contribution in [1.82, 2.24) is 0 Å². The van der Waals surface area contributed by atoms with Gasteiger partial charge in [-0.2, -0.15) is 0 Å². The molecule has 0 aliphatic heterocycles. The van der Waals surface area contributed by atoms with Gasteiger partial charge in [0.1, 0.15) is 0 Å². The van der Waals surface area contributed by atoms with Crippen molar-refractivity contribution in [2.75, 3.05) is 28.4 Å². The topological polar surface area (TPSA) is 105 Å². The Kier molecular flexibility index (Phi) is 9.58. The van der Waals surface area contributed by atoms with Crippen LogP contribution < -0.4 is 0 Å². The summed E-state index contributed by atoms with van der Waals surface area (Å²) in [4.78, 5) is 50.2. The Hall–Kier alpha value is -2.64. The third-order valence-corrected chi connectivity index (χ3v) is 5.09. The Bertz CT molecular complexity index is 716. The van der Waals surface area contributed by atoms with Crippen LogP contribution in [0, 0.1) is 11.8 Å². The summed E-state index contributed by atoms with van der Waals surface area (Å²) in [7, 11) is 4.92. The molecule has 0 amide bonds. The second-order valence-electron chi connectivity index (χ2n) is 6.90. The van der Waals surface area contributed by atoms with Gasteiger partial charge in [-0.15, -0.1) is 0 Å². The number of carbonyl (C=O) groups is 4. The van der Waals surface area contributed by atoms with E-state index in [1.807, 2.05) is 6.92 Å². The van der Waals surface area contributed by atoms with E-state index >= 15 is 0 Å². The highest BCUT2D eigenvalue weighted by molar-refractivity contribution is 6.04. The van der Waals surface area contributed by atoms with E-state index in [4.69, 9.17) is 18.9 Å². The van der Waals surface area contributed by atoms with Crippen molar-refractivity contribution in [3.63, 3.8) is 0 Å². The van der Waals surface area contributed by atoms with Crippen molar-refractivity contribution in [2.45, 2.75) is 46.0 Å². The molecule has 8 heteroatoms. The summed E-state index contributed by atoms with van der Waals surface area (Å²) in [6.07, 6.45) is 2.18. The van der Waals surface area contributed by atoms with Gasteiger partial charge in [-0.3, -0.25) is 0 Å². The SMILES string of the molecule is CCCC[C@@H]1C/C(C(=O)OC)=C(/C(=O)OC)[C@H](C)C/C(C(=O)OC)=C\1C(=O)OC. The van der Waals surface area contributed by atoms with Crippen LogP contribution in [0.4, 0.5) is 0 Å². The normalized spacial score (nSPS) is 24.8. The van der Waals surface area contributed by atoms with Crippen LogP contribution in [-0.2, 0) is 38.1 Å². The summed E-state index contributed by atoms with van der Waals surface area (Å²) >= 11 is 0. The Morgan fingerprint density at radius 2 is 1.21 bits per heavy atom. The minimum Gasteiger partial charge on any atom is -0.466 e. The second kappa shape index (κ2) is 11.4. The van der Waals surface area contributed by atoms with Crippen molar-refractivity contribution >= 4 is 23.9 Å². The molecule has 1 aliphatic carbocycles. The predicted molar refractivity (Wildman–Crippen MR) is 104 cm³/mol. The van der Waals surface area contributed by atoms with Crippen LogP contribution in [0.25, 0.3) is 0 Å². The molecule has 0 aromatic rings. The van der Waals surface area contributed by atoms with Gasteiger partial charge in [-0.25, -0.2) is 19.2 Å². The molecule has 0 saturated carbocycles. The van der Waals surface area contributed by atoms with Crippen molar-refractivity contribution in [3.8, 4) is 0 Å². The molecule has 2 atom stereocenters. The lowest BCUT2D eigenvalue weighted by Gasteiger charge is -2.28. The fraction of sp³-hybridized carbons (Fsp3) is 0.619. The molecular weight excluding hydrogens is 380 g/mol. The van der Waals surface area contributed by atoms with E-state index in [2.05, 4.69) is 0 Å². The summed E-state index contributed by atoms with van der Waals surface area (Å²) in [5.41, 5.74) is 0.632. The summed E-state index contributed by atoms with van der Waals surface area (Å²) in [6, 6.07) is 0. The van der Waals surface area contributed by atoms with Gasteiger partial charge in [0.05, 0.1) is 39.6 Å². The van der Waals surface area contributed by atoms with Crippen LogP contribution in [0.1, 0.15) is 46.0 Å². The smallest absolute Gasteiger partial charge is 0.334 e. The molecule has 0 N–H and O–H groups in total. The fourth-order valence-corrected chi connectivity index (χ4v) is 3.68. The number of esters is 4. The molecule has 0 fully saturated rings. The quantitative estimate of drug-likeness (QED) is 0.466. The largest absolute Gasteiger partial charge is 0.466 e. The van der Waals surface area contributed by atoms with E-state index in [1.54, 1.807) is 6.92 Å². The summed E-state index contributed by atoms with van der Waals surface area (Å²) in [6.45, 7) is 3.67. The first kappa shape index (κ1) is 24.4. The van der Waals surface area contributed by atoms with Gasteiger partial charge in [0, 0.05) is 11.1 Å². The zero-order valence-electron chi connectivity index (χ0n) is 18.0. The Morgan fingerprint density at radius 1 is 0.759 bits per heavy atom. The zero-order chi connectivity index (χ0) is 22.1. The number of hydrogen-bond donors (Lipinski definition) is 0. The van der Waals surface area contributed by atoms with E-state index in [0.717, 1.165) is 12.8 Å². The van der Waals surface area contributed by atoms with E-state index < -0.39 is 35.7 Å². The summed E-state index contributed by atoms with van der Waals surface area (Å²) < 4.78 is 19.6. The van der Waals surface area contributed by atoms with E-state index in [0.29, 0.717) is 6.42 Å². The Morgan fingerprint density at radius 3 is 1.66 bits per heavy atom. The summed E-state index contributed by atoms with van der Waals surface area (Å²) in [5, 5.41) is 0. The Balaban J connectivity index is 3.77. The first-order valence-corrected chi connectivity index (χ1v) is 9.56. The van der Waals surface area contributed by atoms with Gasteiger partial charge in [0.2, 0.25) is 0 Å². The van der Waals surface area contributed by atoms with E-state index in [9.17, 15) is 19.2 Å². The third-order valence-electron chi connectivity index (χ3n) is 5.09. The molecule has 1 aliphatic rings. The van der Waals surface area contributed by atoms with Gasteiger partial charge in [-0.1, -0.05) is 26.7 Å². The van der Waals surface area contributed by atoms with Gasteiger partial charge < -0.3 is 18.9 Å². The zero-order valence-corrected chi connectivity index (χ0v) is 18.0. The van der Waals surface area contributed by atoms with Gasteiger partial charge in [0.25, 0.3) is 0 Å². The first-order chi connectivity index (χ1) is 13.8. The molecule has 0 heterocycles. The van der Waals surface area contributed by atoms with Crippen LogP contribution in [0.3, 0.4) is 0 Å². The van der Waals surface area contributed by atoms with Crippen molar-refractivity contribution in [1.29, 1.82) is 0 Å². The van der Waals surface area contributed by atoms with Crippen LogP contribution in [0.2, 0.25) is 0 Å². The lowest BCUT2D eigenvalue weighted by molar-refractivity contribution is -0.141.